The fraction of sp³-hybridized carbons (Fsp3) is 0.364. The molecule has 0 radical (unpaired) electrons. The Balaban J connectivity index is 2.85. The minimum absolute atomic E-state index is 0.293. The second-order valence-electron chi connectivity index (χ2n) is 3.25. The molecule has 1 atom stereocenters. The van der Waals surface area contributed by atoms with Crippen LogP contribution in [0.3, 0.4) is 0 Å². The van der Waals surface area contributed by atoms with E-state index < -0.39 is 0 Å². The van der Waals surface area contributed by atoms with Crippen LogP contribution in [-0.4, -0.2) is 19.1 Å². The van der Waals surface area contributed by atoms with Crippen LogP contribution in [0.5, 0.6) is 0 Å². The van der Waals surface area contributed by atoms with Gasteiger partial charge in [0.15, 0.2) is 0 Å². The molecule has 88 valence electrons. The Morgan fingerprint density at radius 3 is 2.88 bits per heavy atom. The number of nitrogens with one attached hydrogen (secondary N) is 1. The molecule has 16 heavy (non-hydrogen) atoms. The smallest absolute Gasteiger partial charge is 0.328 e. The summed E-state index contributed by atoms with van der Waals surface area (Å²) >= 11 is 9.36. The van der Waals surface area contributed by atoms with Crippen molar-refractivity contribution in [3.05, 3.63) is 27.7 Å². The zero-order valence-corrected chi connectivity index (χ0v) is 11.4. The molecule has 1 rings (SSSR count). The van der Waals surface area contributed by atoms with E-state index in [1.54, 1.807) is 6.07 Å². The Labute approximate surface area is 108 Å². The highest BCUT2D eigenvalue weighted by Crippen LogP contribution is 2.26. The van der Waals surface area contributed by atoms with Crippen molar-refractivity contribution in [2.45, 2.75) is 19.4 Å². The third-order valence-corrected chi connectivity index (χ3v) is 2.97. The van der Waals surface area contributed by atoms with E-state index in [2.05, 4.69) is 26.0 Å². The molecule has 1 N–H and O–H groups in total. The summed E-state index contributed by atoms with van der Waals surface area (Å²) in [6.07, 6.45) is 0.634. The number of esters is 1. The Morgan fingerprint density at radius 2 is 2.31 bits per heavy atom. The van der Waals surface area contributed by atoms with Gasteiger partial charge in [-0.3, -0.25) is 0 Å². The fourth-order valence-electron chi connectivity index (χ4n) is 1.27. The van der Waals surface area contributed by atoms with Crippen LogP contribution in [0.1, 0.15) is 13.3 Å². The van der Waals surface area contributed by atoms with Crippen LogP contribution >= 0.6 is 27.5 Å². The fourth-order valence-corrected chi connectivity index (χ4v) is 1.80. The summed E-state index contributed by atoms with van der Waals surface area (Å²) in [5, 5.41) is 3.63. The minimum atomic E-state index is -0.378. The molecule has 0 aliphatic rings. The molecule has 1 unspecified atom stereocenters. The first kappa shape index (κ1) is 13.3. The summed E-state index contributed by atoms with van der Waals surface area (Å²) in [6, 6.07) is 5.05. The normalized spacial score (nSPS) is 12.0. The van der Waals surface area contributed by atoms with Crippen LogP contribution in [0.4, 0.5) is 5.69 Å². The first-order valence-corrected chi connectivity index (χ1v) is 6.05. The Morgan fingerprint density at radius 1 is 1.62 bits per heavy atom. The third-order valence-electron chi connectivity index (χ3n) is 2.15. The molecule has 0 spiro atoms. The Kier molecular flexibility index (Phi) is 5.09. The lowest BCUT2D eigenvalue weighted by Crippen LogP contribution is -2.29. The quantitative estimate of drug-likeness (QED) is 0.866. The van der Waals surface area contributed by atoms with E-state index in [0.29, 0.717) is 17.1 Å². The SMILES string of the molecule is CCC(Nc1cc(Br)ccc1Cl)C(=O)OC. The van der Waals surface area contributed by atoms with Crippen molar-refractivity contribution in [3.63, 3.8) is 0 Å². The van der Waals surface area contributed by atoms with E-state index in [0.717, 1.165) is 4.47 Å². The monoisotopic (exact) mass is 305 g/mol. The van der Waals surface area contributed by atoms with E-state index in [1.807, 2.05) is 19.1 Å². The molecule has 0 heterocycles. The Hall–Kier alpha value is -0.740. The third kappa shape index (κ3) is 3.39. The van der Waals surface area contributed by atoms with Crippen LogP contribution < -0.4 is 5.32 Å². The molecule has 0 fully saturated rings. The first-order chi connectivity index (χ1) is 7.58. The van der Waals surface area contributed by atoms with Gasteiger partial charge in [-0.15, -0.1) is 0 Å². The molecule has 0 aromatic heterocycles. The van der Waals surface area contributed by atoms with Gasteiger partial charge in [-0.25, -0.2) is 4.79 Å². The van der Waals surface area contributed by atoms with Crippen LogP contribution in [0.25, 0.3) is 0 Å². The summed E-state index contributed by atoms with van der Waals surface area (Å²) < 4.78 is 5.59. The van der Waals surface area contributed by atoms with Crippen LogP contribution in [-0.2, 0) is 9.53 Å². The first-order valence-electron chi connectivity index (χ1n) is 4.88. The summed E-state index contributed by atoms with van der Waals surface area (Å²) in [5.41, 5.74) is 0.716. The maximum absolute atomic E-state index is 11.4. The standard InChI is InChI=1S/C11H13BrClNO2/c1-3-9(11(15)16-2)14-10-6-7(12)4-5-8(10)13/h4-6,9,14H,3H2,1-2H3. The molecule has 0 aliphatic carbocycles. The van der Waals surface area contributed by atoms with E-state index in [-0.39, 0.29) is 12.0 Å². The van der Waals surface area contributed by atoms with E-state index in [4.69, 9.17) is 11.6 Å². The predicted octanol–water partition coefficient (Wildman–Crippen LogP) is 3.47. The van der Waals surface area contributed by atoms with Crippen molar-refractivity contribution in [3.8, 4) is 0 Å². The average molecular weight is 307 g/mol. The van der Waals surface area contributed by atoms with Crippen molar-refractivity contribution in [1.82, 2.24) is 0 Å². The number of methoxy groups -OCH3 is 1. The molecule has 1 aromatic carbocycles. The highest BCUT2D eigenvalue weighted by atomic mass is 79.9. The van der Waals surface area contributed by atoms with Crippen molar-refractivity contribution >= 4 is 39.2 Å². The lowest BCUT2D eigenvalue weighted by molar-refractivity contribution is -0.141. The number of hydrogen-bond donors (Lipinski definition) is 1. The molecular formula is C11H13BrClNO2. The van der Waals surface area contributed by atoms with E-state index in [1.165, 1.54) is 7.11 Å². The topological polar surface area (TPSA) is 38.3 Å². The number of carbonyl (C=O) groups is 1. The molecule has 0 bridgehead atoms. The van der Waals surface area contributed by atoms with E-state index >= 15 is 0 Å². The van der Waals surface area contributed by atoms with Gasteiger partial charge in [-0.2, -0.15) is 0 Å². The van der Waals surface area contributed by atoms with Gasteiger partial charge in [0, 0.05) is 4.47 Å². The number of rotatable bonds is 4. The van der Waals surface area contributed by atoms with Crippen molar-refractivity contribution in [2.24, 2.45) is 0 Å². The predicted molar refractivity (Wildman–Crippen MR) is 68.9 cm³/mol. The van der Waals surface area contributed by atoms with Gasteiger partial charge < -0.3 is 10.1 Å². The van der Waals surface area contributed by atoms with Gasteiger partial charge in [-0.1, -0.05) is 34.5 Å². The molecular weight excluding hydrogens is 293 g/mol. The van der Waals surface area contributed by atoms with Crippen LogP contribution in [0.2, 0.25) is 5.02 Å². The second kappa shape index (κ2) is 6.11. The molecule has 0 aliphatic heterocycles. The molecule has 0 saturated carbocycles. The maximum Gasteiger partial charge on any atom is 0.328 e. The number of ether oxygens (including phenoxy) is 1. The Bertz CT molecular complexity index is 384. The number of benzene rings is 1. The molecule has 0 amide bonds. The van der Waals surface area contributed by atoms with E-state index in [9.17, 15) is 4.79 Å². The second-order valence-corrected chi connectivity index (χ2v) is 4.58. The van der Waals surface area contributed by atoms with Crippen molar-refractivity contribution in [1.29, 1.82) is 0 Å². The van der Waals surface area contributed by atoms with Crippen molar-refractivity contribution < 1.29 is 9.53 Å². The van der Waals surface area contributed by atoms with Gasteiger partial charge in [-0.05, 0) is 24.6 Å². The highest BCUT2D eigenvalue weighted by molar-refractivity contribution is 9.10. The zero-order valence-electron chi connectivity index (χ0n) is 9.09. The number of carbonyl (C=O) groups excluding carboxylic acids is 1. The number of anilines is 1. The van der Waals surface area contributed by atoms with Crippen LogP contribution in [0.15, 0.2) is 22.7 Å². The van der Waals surface area contributed by atoms with Gasteiger partial charge in [0.25, 0.3) is 0 Å². The average Bonchev–Trinajstić information content (AvgIpc) is 2.29. The maximum atomic E-state index is 11.4. The lowest BCUT2D eigenvalue weighted by atomic mass is 10.2. The van der Waals surface area contributed by atoms with Gasteiger partial charge in [0.2, 0.25) is 0 Å². The summed E-state index contributed by atoms with van der Waals surface area (Å²) in [7, 11) is 1.37. The molecule has 0 saturated heterocycles. The summed E-state index contributed by atoms with van der Waals surface area (Å²) in [4.78, 5) is 11.4. The minimum Gasteiger partial charge on any atom is -0.467 e. The van der Waals surface area contributed by atoms with Crippen LogP contribution in [0, 0.1) is 0 Å². The van der Waals surface area contributed by atoms with Gasteiger partial charge >= 0.3 is 5.97 Å². The lowest BCUT2D eigenvalue weighted by Gasteiger charge is -2.16. The number of halogens is 2. The largest absolute Gasteiger partial charge is 0.467 e. The molecule has 1 aromatic rings. The summed E-state index contributed by atoms with van der Waals surface area (Å²) in [6.45, 7) is 1.90. The molecule has 3 nitrogen and oxygen atoms in total. The van der Waals surface area contributed by atoms with Gasteiger partial charge in [0.1, 0.15) is 6.04 Å². The van der Waals surface area contributed by atoms with Gasteiger partial charge in [0.05, 0.1) is 17.8 Å². The number of hydrogen-bond acceptors (Lipinski definition) is 3. The molecule has 5 heteroatoms. The highest BCUT2D eigenvalue weighted by Gasteiger charge is 2.17. The zero-order chi connectivity index (χ0) is 12.1. The summed E-state index contributed by atoms with van der Waals surface area (Å²) in [5.74, 6) is -0.293. The van der Waals surface area contributed by atoms with Crippen molar-refractivity contribution in [2.75, 3.05) is 12.4 Å².